The van der Waals surface area contributed by atoms with E-state index < -0.39 is 54.3 Å². The van der Waals surface area contributed by atoms with Gasteiger partial charge in [-0.3, -0.25) is 24.2 Å². The normalized spacial score (nSPS) is 13.2. The smallest absolute Gasteiger partial charge is 0.326 e. The van der Waals surface area contributed by atoms with Crippen molar-refractivity contribution in [1.82, 2.24) is 21.3 Å². The van der Waals surface area contributed by atoms with E-state index >= 15 is 0 Å². The number of carboxylic acid groups (broad SMARTS) is 1. The van der Waals surface area contributed by atoms with Gasteiger partial charge in [0.2, 0.25) is 23.6 Å². The molecule has 14 nitrogen and oxygen atoms in total. The molecule has 15 heteroatoms. The zero-order valence-corrected chi connectivity index (χ0v) is 20.3. The summed E-state index contributed by atoms with van der Waals surface area (Å²) in [5, 5.41) is 18.9. The van der Waals surface area contributed by atoms with E-state index in [9.17, 15) is 29.1 Å². The van der Waals surface area contributed by atoms with Crippen molar-refractivity contribution in [2.75, 3.05) is 25.4 Å². The lowest BCUT2D eigenvalue weighted by Gasteiger charge is -2.23. The number of hydrogen-bond acceptors (Lipinski definition) is 8. The fourth-order valence-corrected chi connectivity index (χ4v) is 2.98. The van der Waals surface area contributed by atoms with E-state index in [0.29, 0.717) is 12.8 Å². The third-order valence-corrected chi connectivity index (χ3v) is 4.73. The van der Waals surface area contributed by atoms with E-state index in [0.717, 1.165) is 0 Å². The average molecular weight is 505 g/mol. The summed E-state index contributed by atoms with van der Waals surface area (Å²) in [5.74, 6) is -3.94. The van der Waals surface area contributed by atoms with Gasteiger partial charge in [-0.25, -0.2) is 4.79 Å². The molecule has 0 aliphatic rings. The molecule has 0 bridgehead atoms. The number of guanidine groups is 1. The maximum absolute atomic E-state index is 12.6. The molecular formula is C19H36N8O6S. The molecule has 0 spiro atoms. The van der Waals surface area contributed by atoms with Crippen molar-refractivity contribution in [3.05, 3.63) is 0 Å². The number of aliphatic carboxylic acids is 1. The van der Waals surface area contributed by atoms with Crippen LogP contribution in [-0.2, 0) is 24.0 Å². The van der Waals surface area contributed by atoms with Crippen molar-refractivity contribution < 1.29 is 29.1 Å². The molecule has 0 rings (SSSR count). The molecule has 3 atom stereocenters. The van der Waals surface area contributed by atoms with Gasteiger partial charge in [0, 0.05) is 12.3 Å². The number of carboxylic acids is 1. The summed E-state index contributed by atoms with van der Waals surface area (Å²) in [4.78, 5) is 63.8. The van der Waals surface area contributed by atoms with Gasteiger partial charge in [-0.15, -0.1) is 0 Å². The van der Waals surface area contributed by atoms with Crippen LogP contribution in [0.2, 0.25) is 0 Å². The highest BCUT2D eigenvalue weighted by Gasteiger charge is 2.27. The molecule has 0 unspecified atom stereocenters. The van der Waals surface area contributed by atoms with E-state index in [1.54, 1.807) is 0 Å². The summed E-state index contributed by atoms with van der Waals surface area (Å²) in [6.45, 7) is 3.11. The second-order valence-electron chi connectivity index (χ2n) is 7.82. The van der Waals surface area contributed by atoms with Gasteiger partial charge >= 0.3 is 5.97 Å². The van der Waals surface area contributed by atoms with Crippen molar-refractivity contribution >= 4 is 48.2 Å². The first kappa shape index (κ1) is 30.9. The molecule has 0 aromatic heterocycles. The Balaban J connectivity index is 4.83. The summed E-state index contributed by atoms with van der Waals surface area (Å²) in [7, 11) is 0. The monoisotopic (exact) mass is 504 g/mol. The Kier molecular flexibility index (Phi) is 15.0. The lowest BCUT2D eigenvalue weighted by Crippen LogP contribution is -2.56. The lowest BCUT2D eigenvalue weighted by molar-refractivity contribution is -0.142. The maximum Gasteiger partial charge on any atom is 0.326 e. The van der Waals surface area contributed by atoms with E-state index in [4.69, 9.17) is 17.2 Å². The number of nitrogens with one attached hydrogen (secondary N) is 4. The molecule has 0 saturated carbocycles. The molecule has 0 fully saturated rings. The van der Waals surface area contributed by atoms with Crippen LogP contribution >= 0.6 is 12.6 Å². The molecule has 0 aliphatic heterocycles. The zero-order chi connectivity index (χ0) is 26.3. The third-order valence-electron chi connectivity index (χ3n) is 4.36. The van der Waals surface area contributed by atoms with Crippen LogP contribution in [0.15, 0.2) is 4.99 Å². The number of nitrogens with two attached hydrogens (primary N) is 3. The quantitative estimate of drug-likeness (QED) is 0.0440. The number of amides is 4. The molecule has 0 radical (unpaired) electrons. The van der Waals surface area contributed by atoms with Gasteiger partial charge in [-0.1, -0.05) is 13.8 Å². The minimum atomic E-state index is -1.25. The molecule has 11 N–H and O–H groups in total. The Morgan fingerprint density at radius 1 is 0.941 bits per heavy atom. The van der Waals surface area contributed by atoms with Gasteiger partial charge in [-0.2, -0.15) is 12.6 Å². The summed E-state index contributed by atoms with van der Waals surface area (Å²) in [5.41, 5.74) is 15.7. The highest BCUT2D eigenvalue weighted by atomic mass is 32.1. The average Bonchev–Trinajstić information content (AvgIpc) is 2.76. The number of hydrogen-bond donors (Lipinski definition) is 9. The van der Waals surface area contributed by atoms with Crippen molar-refractivity contribution in [3.8, 4) is 0 Å². The van der Waals surface area contributed by atoms with Crippen LogP contribution in [-0.4, -0.2) is 84.2 Å². The number of thiol groups is 1. The number of nitrogens with zero attached hydrogens (tertiary/aromatic N) is 1. The molecular weight excluding hydrogens is 468 g/mol. The van der Waals surface area contributed by atoms with Gasteiger partial charge in [0.15, 0.2) is 5.96 Å². The Bertz CT molecular complexity index is 744. The zero-order valence-electron chi connectivity index (χ0n) is 19.4. The predicted molar refractivity (Wildman–Crippen MR) is 129 cm³/mol. The minimum absolute atomic E-state index is 0.0717. The number of carbonyl (C=O) groups is 5. The van der Waals surface area contributed by atoms with Gasteiger partial charge in [0.05, 0.1) is 13.1 Å². The van der Waals surface area contributed by atoms with Crippen LogP contribution in [0.1, 0.15) is 33.1 Å². The van der Waals surface area contributed by atoms with Crippen molar-refractivity contribution in [3.63, 3.8) is 0 Å². The Labute approximate surface area is 203 Å². The first-order valence-corrected chi connectivity index (χ1v) is 11.3. The van der Waals surface area contributed by atoms with Gasteiger partial charge in [-0.05, 0) is 25.2 Å². The molecule has 34 heavy (non-hydrogen) atoms. The van der Waals surface area contributed by atoms with Gasteiger partial charge in [0.25, 0.3) is 0 Å². The molecule has 0 aromatic rings. The van der Waals surface area contributed by atoms with E-state index in [1.807, 2.05) is 13.8 Å². The third kappa shape index (κ3) is 13.5. The van der Waals surface area contributed by atoms with Crippen LogP contribution < -0.4 is 38.5 Å². The molecule has 0 saturated heterocycles. The highest BCUT2D eigenvalue weighted by molar-refractivity contribution is 7.80. The van der Waals surface area contributed by atoms with Gasteiger partial charge < -0.3 is 43.6 Å². The van der Waals surface area contributed by atoms with E-state index in [2.05, 4.69) is 38.9 Å². The van der Waals surface area contributed by atoms with Crippen LogP contribution in [0.25, 0.3) is 0 Å². The fourth-order valence-electron chi connectivity index (χ4n) is 2.72. The first-order valence-electron chi connectivity index (χ1n) is 10.7. The van der Waals surface area contributed by atoms with Gasteiger partial charge in [0.1, 0.15) is 18.1 Å². The van der Waals surface area contributed by atoms with Crippen LogP contribution in [0.3, 0.4) is 0 Å². The second-order valence-corrected chi connectivity index (χ2v) is 8.19. The SMILES string of the molecule is CC(C)C[C@H](NC(=O)CN)C(=O)N[C@@H](CS)C(=O)NCC(=O)N[C@@H](CCCN=C(N)N)C(=O)O. The number of rotatable bonds is 16. The van der Waals surface area contributed by atoms with Crippen LogP contribution in [0, 0.1) is 5.92 Å². The standard InChI is InChI=1S/C19H36N8O6S/c1-10(2)6-12(26-14(28)7-20)17(31)27-13(9-34)16(30)24-8-15(29)25-11(18(32)33)4-3-5-23-19(21)22/h10-13,34H,3-9,20H2,1-2H3,(H,24,30)(H,25,29)(H,26,28)(H,27,31)(H,32,33)(H4,21,22,23)/t11-,12-,13-/m0/s1. The van der Waals surface area contributed by atoms with Crippen LogP contribution in [0.4, 0.5) is 0 Å². The topological polar surface area (TPSA) is 244 Å². The predicted octanol–water partition coefficient (Wildman–Crippen LogP) is -3.37. The molecule has 194 valence electrons. The Morgan fingerprint density at radius 3 is 2.06 bits per heavy atom. The van der Waals surface area contributed by atoms with Crippen molar-refractivity contribution in [1.29, 1.82) is 0 Å². The second kappa shape index (κ2) is 16.5. The molecule has 0 aliphatic carbocycles. The van der Waals surface area contributed by atoms with E-state index in [-0.39, 0.29) is 37.1 Å². The van der Waals surface area contributed by atoms with E-state index in [1.165, 1.54) is 0 Å². The fraction of sp³-hybridized carbons (Fsp3) is 0.684. The largest absolute Gasteiger partial charge is 0.480 e. The summed E-state index contributed by atoms with van der Waals surface area (Å²) in [6, 6.07) is -3.19. The summed E-state index contributed by atoms with van der Waals surface area (Å²) >= 11 is 4.06. The first-order chi connectivity index (χ1) is 15.9. The summed E-state index contributed by atoms with van der Waals surface area (Å²) in [6.07, 6.45) is 0.709. The lowest BCUT2D eigenvalue weighted by atomic mass is 10.0. The minimum Gasteiger partial charge on any atom is -0.480 e. The van der Waals surface area contributed by atoms with Crippen molar-refractivity contribution in [2.45, 2.75) is 51.2 Å². The Hall–Kier alpha value is -3.07. The van der Waals surface area contributed by atoms with Crippen molar-refractivity contribution in [2.24, 2.45) is 28.1 Å². The molecule has 4 amide bonds. The Morgan fingerprint density at radius 2 is 1.56 bits per heavy atom. The molecule has 0 heterocycles. The maximum atomic E-state index is 12.6. The molecule has 0 aromatic carbocycles. The number of carbonyl (C=O) groups excluding carboxylic acids is 4. The number of aliphatic imine (C=N–C) groups is 1. The highest BCUT2D eigenvalue weighted by Crippen LogP contribution is 2.06. The van der Waals surface area contributed by atoms with Crippen LogP contribution in [0.5, 0.6) is 0 Å². The summed E-state index contributed by atoms with van der Waals surface area (Å²) < 4.78 is 0.